The van der Waals surface area contributed by atoms with Crippen LogP contribution in [0.3, 0.4) is 0 Å². The monoisotopic (exact) mass is 358 g/mol. The van der Waals surface area contributed by atoms with Gasteiger partial charge in [0.1, 0.15) is 11.5 Å². The second kappa shape index (κ2) is 7.50. The van der Waals surface area contributed by atoms with Crippen LogP contribution in [0.1, 0.15) is 11.5 Å². The Hall–Kier alpha value is -2.64. The molecule has 25 heavy (non-hydrogen) atoms. The molecule has 0 atom stereocenters. The number of aromatic nitrogens is 1. The van der Waals surface area contributed by atoms with Crippen molar-refractivity contribution in [2.45, 2.75) is 18.0 Å². The highest BCUT2D eigenvalue weighted by atomic mass is 32.2. The number of nitrogens with zero attached hydrogens (tertiary/aromatic N) is 2. The topological polar surface area (TPSA) is 72.6 Å². The summed E-state index contributed by atoms with van der Waals surface area (Å²) in [6, 6.07) is 15.2. The van der Waals surface area contributed by atoms with Crippen LogP contribution in [-0.4, -0.2) is 24.8 Å². The van der Waals surface area contributed by atoms with E-state index in [9.17, 15) is 8.42 Å². The summed E-state index contributed by atoms with van der Waals surface area (Å²) in [5.41, 5.74) is 0.658. The first kappa shape index (κ1) is 17.2. The van der Waals surface area contributed by atoms with Crippen molar-refractivity contribution in [1.82, 2.24) is 9.29 Å². The molecular formula is C18H18N2O4S. The Labute approximate surface area is 146 Å². The third-order valence-electron chi connectivity index (χ3n) is 3.67. The zero-order valence-electron chi connectivity index (χ0n) is 13.7. The first-order valence-electron chi connectivity index (χ1n) is 7.66. The molecule has 0 aliphatic rings. The predicted molar refractivity (Wildman–Crippen MR) is 92.4 cm³/mol. The first-order valence-corrected chi connectivity index (χ1v) is 9.10. The maximum absolute atomic E-state index is 13.1. The minimum absolute atomic E-state index is 0.123. The molecule has 0 spiro atoms. The second-order valence-corrected chi connectivity index (χ2v) is 7.29. The molecule has 0 unspecified atom stereocenters. The molecule has 0 aliphatic carbocycles. The van der Waals surface area contributed by atoms with Crippen molar-refractivity contribution in [3.05, 3.63) is 78.5 Å². The number of ether oxygens (including phenoxy) is 1. The average molecular weight is 358 g/mol. The Morgan fingerprint density at radius 3 is 2.44 bits per heavy atom. The quantitative estimate of drug-likeness (QED) is 0.649. The van der Waals surface area contributed by atoms with E-state index in [0.717, 1.165) is 0 Å². The van der Waals surface area contributed by atoms with Crippen molar-refractivity contribution in [2.24, 2.45) is 0 Å². The van der Waals surface area contributed by atoms with Crippen LogP contribution >= 0.6 is 0 Å². The van der Waals surface area contributed by atoms with Gasteiger partial charge in [-0.05, 0) is 48.5 Å². The summed E-state index contributed by atoms with van der Waals surface area (Å²) >= 11 is 0. The van der Waals surface area contributed by atoms with Gasteiger partial charge in [0.2, 0.25) is 10.0 Å². The highest BCUT2D eigenvalue weighted by Crippen LogP contribution is 2.23. The molecule has 6 nitrogen and oxygen atoms in total. The van der Waals surface area contributed by atoms with Crippen LogP contribution in [0.4, 0.5) is 0 Å². The lowest BCUT2D eigenvalue weighted by Gasteiger charge is -2.21. The van der Waals surface area contributed by atoms with Gasteiger partial charge in [0.15, 0.2) is 0 Å². The fraction of sp³-hybridized carbons (Fsp3) is 0.167. The van der Waals surface area contributed by atoms with Gasteiger partial charge in [-0.2, -0.15) is 4.31 Å². The summed E-state index contributed by atoms with van der Waals surface area (Å²) in [7, 11) is -2.19. The van der Waals surface area contributed by atoms with E-state index in [1.54, 1.807) is 42.6 Å². The number of pyridine rings is 1. The van der Waals surface area contributed by atoms with E-state index < -0.39 is 10.0 Å². The fourth-order valence-electron chi connectivity index (χ4n) is 2.37. The van der Waals surface area contributed by atoms with Gasteiger partial charge in [-0.3, -0.25) is 4.98 Å². The first-order chi connectivity index (χ1) is 12.1. The van der Waals surface area contributed by atoms with Gasteiger partial charge in [-0.15, -0.1) is 0 Å². The van der Waals surface area contributed by atoms with Gasteiger partial charge in [0.25, 0.3) is 0 Å². The lowest BCUT2D eigenvalue weighted by atomic mass is 10.3. The summed E-state index contributed by atoms with van der Waals surface area (Å²) in [6.07, 6.45) is 3.16. The number of hydrogen-bond donors (Lipinski definition) is 0. The molecule has 7 heteroatoms. The number of benzene rings is 1. The van der Waals surface area contributed by atoms with E-state index in [1.807, 2.05) is 6.07 Å². The average Bonchev–Trinajstić information content (AvgIpc) is 3.15. The summed E-state index contributed by atoms with van der Waals surface area (Å²) in [6.45, 7) is 0.272. The Bertz CT molecular complexity index is 892. The van der Waals surface area contributed by atoms with Crippen LogP contribution in [0.15, 0.2) is 76.4 Å². The number of furan rings is 1. The van der Waals surface area contributed by atoms with Gasteiger partial charge in [0, 0.05) is 6.20 Å². The highest BCUT2D eigenvalue weighted by molar-refractivity contribution is 7.89. The van der Waals surface area contributed by atoms with Crippen molar-refractivity contribution < 1.29 is 17.6 Å². The van der Waals surface area contributed by atoms with Crippen molar-refractivity contribution >= 4 is 10.0 Å². The van der Waals surface area contributed by atoms with Crippen LogP contribution in [-0.2, 0) is 23.1 Å². The minimum Gasteiger partial charge on any atom is -0.497 e. The lowest BCUT2D eigenvalue weighted by molar-refractivity contribution is 0.355. The van der Waals surface area contributed by atoms with Crippen LogP contribution in [0.25, 0.3) is 0 Å². The van der Waals surface area contributed by atoms with Crippen molar-refractivity contribution in [2.75, 3.05) is 7.11 Å². The Balaban J connectivity index is 1.93. The second-order valence-electron chi connectivity index (χ2n) is 5.35. The molecule has 3 aromatic rings. The fourth-order valence-corrected chi connectivity index (χ4v) is 3.75. The molecular weight excluding hydrogens is 340 g/mol. The van der Waals surface area contributed by atoms with E-state index in [4.69, 9.17) is 9.15 Å². The van der Waals surface area contributed by atoms with Gasteiger partial charge < -0.3 is 9.15 Å². The molecule has 0 radical (unpaired) electrons. The molecule has 0 aliphatic heterocycles. The number of hydrogen-bond acceptors (Lipinski definition) is 5. The summed E-state index contributed by atoms with van der Waals surface area (Å²) in [5, 5.41) is 0. The van der Waals surface area contributed by atoms with Gasteiger partial charge in [-0.1, -0.05) is 6.07 Å². The molecule has 0 N–H and O–H groups in total. The minimum atomic E-state index is -3.72. The molecule has 0 saturated carbocycles. The smallest absolute Gasteiger partial charge is 0.243 e. The lowest BCUT2D eigenvalue weighted by Crippen LogP contribution is -2.30. The number of methoxy groups -OCH3 is 1. The number of sulfonamides is 1. The van der Waals surface area contributed by atoms with E-state index in [1.165, 1.54) is 29.8 Å². The van der Waals surface area contributed by atoms with Gasteiger partial charge in [0.05, 0.1) is 37.1 Å². The Kier molecular flexibility index (Phi) is 5.16. The molecule has 2 heterocycles. The molecule has 2 aromatic heterocycles. The molecule has 0 bridgehead atoms. The Morgan fingerprint density at radius 2 is 1.84 bits per heavy atom. The molecule has 1 aromatic carbocycles. The highest BCUT2D eigenvalue weighted by Gasteiger charge is 2.26. The van der Waals surface area contributed by atoms with E-state index in [-0.39, 0.29) is 18.0 Å². The van der Waals surface area contributed by atoms with Crippen molar-refractivity contribution in [3.63, 3.8) is 0 Å². The molecule has 130 valence electrons. The summed E-state index contributed by atoms with van der Waals surface area (Å²) in [4.78, 5) is 4.42. The van der Waals surface area contributed by atoms with Crippen LogP contribution in [0, 0.1) is 0 Å². The van der Waals surface area contributed by atoms with Gasteiger partial charge >= 0.3 is 0 Å². The van der Waals surface area contributed by atoms with Crippen LogP contribution in [0.2, 0.25) is 0 Å². The molecule has 0 fully saturated rings. The molecule has 0 amide bonds. The summed E-state index contributed by atoms with van der Waals surface area (Å²) < 4.78 is 37.9. The summed E-state index contributed by atoms with van der Waals surface area (Å²) in [5.74, 6) is 1.16. The molecule has 0 saturated heterocycles. The Morgan fingerprint density at radius 1 is 1.04 bits per heavy atom. The van der Waals surface area contributed by atoms with Crippen molar-refractivity contribution in [3.8, 4) is 5.75 Å². The van der Waals surface area contributed by atoms with E-state index in [2.05, 4.69) is 4.98 Å². The predicted octanol–water partition coefficient (Wildman–Crippen LogP) is 3.07. The standard InChI is InChI=1S/C18H18N2O4S/c1-23-16-7-9-18(10-8-16)25(21,22)20(14-17-6-4-12-24-17)13-15-5-2-3-11-19-15/h2-12H,13-14H2,1H3. The van der Waals surface area contributed by atoms with Gasteiger partial charge in [-0.25, -0.2) is 8.42 Å². The zero-order chi connectivity index (χ0) is 17.7. The SMILES string of the molecule is COc1ccc(S(=O)(=O)N(Cc2ccccn2)Cc2ccco2)cc1. The molecule has 3 rings (SSSR count). The van der Waals surface area contributed by atoms with E-state index >= 15 is 0 Å². The van der Waals surface area contributed by atoms with Crippen LogP contribution in [0.5, 0.6) is 5.75 Å². The van der Waals surface area contributed by atoms with Crippen molar-refractivity contribution in [1.29, 1.82) is 0 Å². The van der Waals surface area contributed by atoms with Crippen LogP contribution < -0.4 is 4.74 Å². The normalized spacial score (nSPS) is 11.6. The maximum Gasteiger partial charge on any atom is 0.243 e. The maximum atomic E-state index is 13.1. The van der Waals surface area contributed by atoms with E-state index in [0.29, 0.717) is 17.2 Å². The third kappa shape index (κ3) is 4.07. The zero-order valence-corrected chi connectivity index (χ0v) is 14.5. The largest absolute Gasteiger partial charge is 0.497 e. The third-order valence-corrected chi connectivity index (χ3v) is 5.48. The number of rotatable bonds is 7.